The van der Waals surface area contributed by atoms with Crippen LogP contribution in [0.5, 0.6) is 0 Å². The Morgan fingerprint density at radius 1 is 1.09 bits per heavy atom. The summed E-state index contributed by atoms with van der Waals surface area (Å²) in [6.07, 6.45) is 0. The lowest BCUT2D eigenvalue weighted by molar-refractivity contribution is -0.135. The second-order valence-electron chi connectivity index (χ2n) is 4.56. The van der Waals surface area contributed by atoms with Crippen LogP contribution in [0.4, 0.5) is 11.4 Å². The van der Waals surface area contributed by atoms with Gasteiger partial charge in [0, 0.05) is 12.8 Å². The van der Waals surface area contributed by atoms with Crippen LogP contribution in [0.2, 0.25) is 0 Å². The standard InChI is InChI=1S/C15H11I3N2O3/c16-9-6-10(17)14(19)13(18)12(9)15(23)20(7-11(21)22)8-4-2-1-3-5-8/h1-6H,7,19H2,(H,21,22). The Morgan fingerprint density at radius 2 is 1.70 bits per heavy atom. The van der Waals surface area contributed by atoms with E-state index in [1.165, 1.54) is 4.90 Å². The van der Waals surface area contributed by atoms with Crippen molar-refractivity contribution in [3.05, 3.63) is 52.7 Å². The molecule has 23 heavy (non-hydrogen) atoms. The number of carbonyl (C=O) groups is 2. The molecule has 0 bridgehead atoms. The summed E-state index contributed by atoms with van der Waals surface area (Å²) >= 11 is 6.21. The van der Waals surface area contributed by atoms with Gasteiger partial charge in [-0.1, -0.05) is 18.2 Å². The number of carboxylic acids is 1. The Labute approximate surface area is 174 Å². The third-order valence-corrected chi connectivity index (χ3v) is 5.89. The lowest BCUT2D eigenvalue weighted by Gasteiger charge is -2.23. The summed E-state index contributed by atoms with van der Waals surface area (Å²) in [5.74, 6) is -1.46. The van der Waals surface area contributed by atoms with Gasteiger partial charge in [-0.3, -0.25) is 14.5 Å². The average molecular weight is 648 g/mol. The van der Waals surface area contributed by atoms with E-state index in [1.54, 1.807) is 24.3 Å². The summed E-state index contributed by atoms with van der Waals surface area (Å²) in [5.41, 5.74) is 7.51. The van der Waals surface area contributed by atoms with Crippen LogP contribution < -0.4 is 10.6 Å². The molecule has 0 spiro atoms. The minimum absolute atomic E-state index is 0.379. The van der Waals surface area contributed by atoms with Gasteiger partial charge < -0.3 is 10.8 Å². The number of benzene rings is 2. The van der Waals surface area contributed by atoms with Crippen molar-refractivity contribution in [3.8, 4) is 0 Å². The first-order chi connectivity index (χ1) is 10.8. The maximum atomic E-state index is 13.0. The summed E-state index contributed by atoms with van der Waals surface area (Å²) < 4.78 is 2.23. The van der Waals surface area contributed by atoms with Gasteiger partial charge in [0.1, 0.15) is 6.54 Å². The number of nitrogens with two attached hydrogens (primary N) is 1. The van der Waals surface area contributed by atoms with Crippen LogP contribution in [0.15, 0.2) is 36.4 Å². The zero-order chi connectivity index (χ0) is 17.1. The van der Waals surface area contributed by atoms with Crippen LogP contribution in [0, 0.1) is 10.7 Å². The van der Waals surface area contributed by atoms with Crippen molar-refractivity contribution in [1.29, 1.82) is 0 Å². The van der Waals surface area contributed by atoms with Crippen LogP contribution in [-0.4, -0.2) is 23.5 Å². The highest BCUT2D eigenvalue weighted by molar-refractivity contribution is 14.1. The monoisotopic (exact) mass is 648 g/mol. The number of amides is 1. The molecule has 0 aromatic heterocycles. The van der Waals surface area contributed by atoms with Crippen molar-refractivity contribution in [2.24, 2.45) is 0 Å². The van der Waals surface area contributed by atoms with Crippen LogP contribution >= 0.6 is 67.8 Å². The molecule has 0 unspecified atom stereocenters. The SMILES string of the molecule is Nc1c(I)cc(I)c(C(=O)N(CC(=O)O)c2ccccc2)c1I. The molecule has 2 aromatic carbocycles. The molecule has 0 saturated carbocycles. The Morgan fingerprint density at radius 3 is 2.26 bits per heavy atom. The van der Waals surface area contributed by atoms with Crippen molar-refractivity contribution in [3.63, 3.8) is 0 Å². The molecule has 0 fully saturated rings. The molecule has 0 radical (unpaired) electrons. The van der Waals surface area contributed by atoms with E-state index in [-0.39, 0.29) is 5.91 Å². The van der Waals surface area contributed by atoms with Crippen molar-refractivity contribution >= 4 is 91.0 Å². The Balaban J connectivity index is 2.55. The summed E-state index contributed by atoms with van der Waals surface area (Å²) in [4.78, 5) is 25.4. The minimum atomic E-state index is -1.08. The molecular formula is C15H11I3N2O3. The van der Waals surface area contributed by atoms with Crippen molar-refractivity contribution < 1.29 is 14.7 Å². The number of anilines is 2. The average Bonchev–Trinajstić information content (AvgIpc) is 2.51. The van der Waals surface area contributed by atoms with E-state index in [9.17, 15) is 9.59 Å². The zero-order valence-electron chi connectivity index (χ0n) is 11.6. The number of rotatable bonds is 4. The first kappa shape index (κ1) is 18.7. The topological polar surface area (TPSA) is 83.6 Å². The van der Waals surface area contributed by atoms with Gasteiger partial charge in [-0.15, -0.1) is 0 Å². The van der Waals surface area contributed by atoms with Crippen LogP contribution in [0.25, 0.3) is 0 Å². The fraction of sp³-hybridized carbons (Fsp3) is 0.0667. The normalized spacial score (nSPS) is 10.4. The summed E-state index contributed by atoms with van der Waals surface area (Å²) in [6.45, 7) is -0.416. The van der Waals surface area contributed by atoms with E-state index in [2.05, 4.69) is 45.2 Å². The quantitative estimate of drug-likeness (QED) is 0.391. The smallest absolute Gasteiger partial charge is 0.323 e. The number of carboxylic acid groups (broad SMARTS) is 1. The summed E-state index contributed by atoms with van der Waals surface area (Å²) in [7, 11) is 0. The van der Waals surface area contributed by atoms with E-state index in [1.807, 2.05) is 34.7 Å². The molecule has 0 heterocycles. The molecule has 0 aliphatic heterocycles. The van der Waals surface area contributed by atoms with E-state index in [0.29, 0.717) is 20.5 Å². The molecule has 0 atom stereocenters. The molecule has 0 saturated heterocycles. The number of hydrogen-bond donors (Lipinski definition) is 2. The molecule has 0 aliphatic rings. The fourth-order valence-electron chi connectivity index (χ4n) is 1.96. The number of carbonyl (C=O) groups excluding carboxylic acids is 1. The van der Waals surface area contributed by atoms with E-state index in [4.69, 9.17) is 10.8 Å². The molecule has 5 nitrogen and oxygen atoms in total. The highest BCUT2D eigenvalue weighted by Gasteiger charge is 2.26. The van der Waals surface area contributed by atoms with Gasteiger partial charge in [0.05, 0.1) is 14.8 Å². The van der Waals surface area contributed by atoms with E-state index >= 15 is 0 Å². The molecule has 8 heteroatoms. The first-order valence-electron chi connectivity index (χ1n) is 6.34. The van der Waals surface area contributed by atoms with Gasteiger partial charge in [-0.05, 0) is 86.0 Å². The molecule has 0 aliphatic carbocycles. The predicted molar refractivity (Wildman–Crippen MR) is 115 cm³/mol. The zero-order valence-corrected chi connectivity index (χ0v) is 18.1. The Bertz CT molecular complexity index is 766. The van der Waals surface area contributed by atoms with E-state index in [0.717, 1.165) is 7.14 Å². The number of nitrogen functional groups attached to an aromatic ring is 1. The highest BCUT2D eigenvalue weighted by atomic mass is 127. The van der Waals surface area contributed by atoms with Crippen molar-refractivity contribution in [2.45, 2.75) is 0 Å². The number of para-hydroxylation sites is 1. The number of hydrogen-bond acceptors (Lipinski definition) is 3. The van der Waals surface area contributed by atoms with Gasteiger partial charge in [0.15, 0.2) is 0 Å². The van der Waals surface area contributed by atoms with Crippen molar-refractivity contribution in [1.82, 2.24) is 0 Å². The maximum absolute atomic E-state index is 13.0. The molecule has 1 amide bonds. The fourth-order valence-corrected chi connectivity index (χ4v) is 5.79. The number of aliphatic carboxylic acids is 1. The van der Waals surface area contributed by atoms with Crippen LogP contribution in [0.1, 0.15) is 10.4 Å². The molecule has 2 rings (SSSR count). The second kappa shape index (κ2) is 7.96. The highest BCUT2D eigenvalue weighted by Crippen LogP contribution is 2.31. The summed E-state index contributed by atoms with van der Waals surface area (Å²) in [5, 5.41) is 9.15. The van der Waals surface area contributed by atoms with Crippen LogP contribution in [-0.2, 0) is 4.79 Å². The maximum Gasteiger partial charge on any atom is 0.323 e. The lowest BCUT2D eigenvalue weighted by Crippen LogP contribution is -2.36. The molecule has 3 N–H and O–H groups in total. The molecule has 120 valence electrons. The Kier molecular flexibility index (Phi) is 6.48. The van der Waals surface area contributed by atoms with Crippen LogP contribution in [0.3, 0.4) is 0 Å². The Hall–Kier alpha value is -0.630. The summed E-state index contributed by atoms with van der Waals surface area (Å²) in [6, 6.07) is 10.6. The van der Waals surface area contributed by atoms with Gasteiger partial charge in [-0.25, -0.2) is 0 Å². The van der Waals surface area contributed by atoms with Gasteiger partial charge in [-0.2, -0.15) is 0 Å². The largest absolute Gasteiger partial charge is 0.480 e. The second-order valence-corrected chi connectivity index (χ2v) is 7.97. The van der Waals surface area contributed by atoms with Gasteiger partial charge >= 0.3 is 5.97 Å². The molecular weight excluding hydrogens is 637 g/mol. The third-order valence-electron chi connectivity index (χ3n) is 3.03. The number of halogens is 3. The minimum Gasteiger partial charge on any atom is -0.480 e. The third kappa shape index (κ3) is 4.26. The predicted octanol–water partition coefficient (Wildman–Crippen LogP) is 3.81. The van der Waals surface area contributed by atoms with Gasteiger partial charge in [0.2, 0.25) is 0 Å². The van der Waals surface area contributed by atoms with Gasteiger partial charge in [0.25, 0.3) is 5.91 Å². The molecule has 2 aromatic rings. The lowest BCUT2D eigenvalue weighted by atomic mass is 10.1. The van der Waals surface area contributed by atoms with Crippen molar-refractivity contribution in [2.75, 3.05) is 17.2 Å². The first-order valence-corrected chi connectivity index (χ1v) is 9.58. The van der Waals surface area contributed by atoms with E-state index < -0.39 is 12.5 Å². The number of nitrogens with zero attached hydrogens (tertiary/aromatic N) is 1.